The molecule has 0 bridgehead atoms. The van der Waals surface area contributed by atoms with Crippen LogP contribution in [0, 0.1) is 16.0 Å². The molecule has 0 aromatic heterocycles. The minimum absolute atomic E-state index is 0.161. The maximum Gasteiger partial charge on any atom is 0.305 e. The summed E-state index contributed by atoms with van der Waals surface area (Å²) in [6, 6.07) is 0. The first-order valence-corrected chi connectivity index (χ1v) is 6.42. The van der Waals surface area contributed by atoms with Crippen molar-refractivity contribution < 1.29 is 19.5 Å². The monoisotopic (exact) mass is 261 g/mol. The van der Waals surface area contributed by atoms with Crippen LogP contribution in [0.5, 0.6) is 0 Å². The Morgan fingerprint density at radius 2 is 2.00 bits per heavy atom. The summed E-state index contributed by atoms with van der Waals surface area (Å²) in [7, 11) is 0. The van der Waals surface area contributed by atoms with Gasteiger partial charge >= 0.3 is 5.97 Å². The van der Waals surface area contributed by atoms with Crippen molar-refractivity contribution in [3.63, 3.8) is 0 Å². The van der Waals surface area contributed by atoms with Crippen molar-refractivity contribution in [2.75, 3.05) is 6.61 Å². The molecule has 0 aliphatic heterocycles. The minimum Gasteiger partial charge on any atom is -0.466 e. The number of esters is 1. The lowest BCUT2D eigenvalue weighted by Gasteiger charge is -2.12. The Bertz CT molecular complexity index is 255. The summed E-state index contributed by atoms with van der Waals surface area (Å²) >= 11 is 0. The van der Waals surface area contributed by atoms with Gasteiger partial charge in [-0.25, -0.2) is 0 Å². The van der Waals surface area contributed by atoms with E-state index >= 15 is 0 Å². The highest BCUT2D eigenvalue weighted by atomic mass is 17.0. The fourth-order valence-corrected chi connectivity index (χ4v) is 1.48. The Morgan fingerprint density at radius 1 is 1.33 bits per heavy atom. The summed E-state index contributed by atoms with van der Waals surface area (Å²) in [5, 5.41) is 9.34. The number of hydrogen-bond donors (Lipinski definition) is 0. The van der Waals surface area contributed by atoms with Crippen LogP contribution in [-0.2, 0) is 14.4 Å². The summed E-state index contributed by atoms with van der Waals surface area (Å²) in [4.78, 5) is 25.9. The summed E-state index contributed by atoms with van der Waals surface area (Å²) < 4.78 is 5.03. The zero-order valence-corrected chi connectivity index (χ0v) is 11.4. The molecule has 0 aromatic carbocycles. The molecule has 6 nitrogen and oxygen atoms in total. The molecule has 6 heteroatoms. The Morgan fingerprint density at radius 3 is 2.50 bits per heavy atom. The van der Waals surface area contributed by atoms with E-state index < -0.39 is 11.2 Å². The fourth-order valence-electron chi connectivity index (χ4n) is 1.48. The van der Waals surface area contributed by atoms with Crippen molar-refractivity contribution in [3.8, 4) is 0 Å². The average Bonchev–Trinajstić information content (AvgIpc) is 2.29. The molecule has 0 amide bonds. The summed E-state index contributed by atoms with van der Waals surface area (Å²) in [5.41, 5.74) is 0. The molecule has 0 rings (SSSR count). The lowest BCUT2D eigenvalue weighted by atomic mass is 10.1. The van der Waals surface area contributed by atoms with Gasteiger partial charge in [0.2, 0.25) is 0 Å². The Balaban J connectivity index is 3.64. The molecule has 0 heterocycles. The van der Waals surface area contributed by atoms with Crippen LogP contribution in [0.25, 0.3) is 0 Å². The van der Waals surface area contributed by atoms with E-state index in [1.807, 2.05) is 0 Å². The minimum atomic E-state index is -0.817. The largest absolute Gasteiger partial charge is 0.466 e. The highest BCUT2D eigenvalue weighted by molar-refractivity contribution is 5.69. The molecule has 1 unspecified atom stereocenters. The predicted molar refractivity (Wildman–Crippen MR) is 66.4 cm³/mol. The topological polar surface area (TPSA) is 78.7 Å². The van der Waals surface area contributed by atoms with E-state index in [1.54, 1.807) is 6.92 Å². The molecule has 0 saturated heterocycles. The molecule has 18 heavy (non-hydrogen) atoms. The van der Waals surface area contributed by atoms with E-state index in [0.29, 0.717) is 25.4 Å². The molecule has 0 aliphatic carbocycles. The zero-order chi connectivity index (χ0) is 14.0. The zero-order valence-electron chi connectivity index (χ0n) is 11.4. The third kappa shape index (κ3) is 9.86. The number of carbonyl (C=O) groups is 1. The van der Waals surface area contributed by atoms with E-state index in [0.717, 1.165) is 12.8 Å². The van der Waals surface area contributed by atoms with Crippen LogP contribution >= 0.6 is 0 Å². The quantitative estimate of drug-likeness (QED) is 0.261. The third-order valence-corrected chi connectivity index (χ3v) is 2.55. The molecule has 0 spiro atoms. The van der Waals surface area contributed by atoms with E-state index in [1.165, 1.54) is 0 Å². The molecule has 0 radical (unpaired) electrons. The van der Waals surface area contributed by atoms with Gasteiger partial charge in [-0.2, -0.15) is 0 Å². The van der Waals surface area contributed by atoms with Crippen molar-refractivity contribution in [1.82, 2.24) is 0 Å². The maximum atomic E-state index is 11.3. The lowest BCUT2D eigenvalue weighted by Crippen LogP contribution is -2.18. The first-order valence-electron chi connectivity index (χ1n) is 6.42. The van der Waals surface area contributed by atoms with Gasteiger partial charge in [0.25, 0.3) is 5.09 Å². The first kappa shape index (κ1) is 16.7. The van der Waals surface area contributed by atoms with Crippen molar-refractivity contribution in [3.05, 3.63) is 10.1 Å². The molecule has 0 aromatic rings. The van der Waals surface area contributed by atoms with E-state index in [2.05, 4.69) is 18.7 Å². The van der Waals surface area contributed by atoms with Crippen LogP contribution in [0.1, 0.15) is 52.9 Å². The van der Waals surface area contributed by atoms with Gasteiger partial charge in [0.1, 0.15) is 6.10 Å². The predicted octanol–water partition coefficient (Wildman–Crippen LogP) is 2.73. The fraction of sp³-hybridized carbons (Fsp3) is 0.917. The number of nitrogens with zero attached hydrogens (tertiary/aromatic N) is 1. The second kappa shape index (κ2) is 9.67. The smallest absolute Gasteiger partial charge is 0.305 e. The molecule has 1 atom stereocenters. The van der Waals surface area contributed by atoms with Crippen molar-refractivity contribution >= 4 is 5.97 Å². The maximum absolute atomic E-state index is 11.3. The van der Waals surface area contributed by atoms with E-state index in [-0.39, 0.29) is 12.4 Å². The average molecular weight is 261 g/mol. The Hall–Kier alpha value is -1.33. The molecular weight excluding hydrogens is 238 g/mol. The second-order valence-corrected chi connectivity index (χ2v) is 4.65. The van der Waals surface area contributed by atoms with Gasteiger partial charge in [0, 0.05) is 6.42 Å². The number of rotatable bonds is 10. The van der Waals surface area contributed by atoms with Crippen molar-refractivity contribution in [2.45, 2.75) is 59.0 Å². The first-order chi connectivity index (χ1) is 8.45. The molecular formula is C12H23NO5. The third-order valence-electron chi connectivity index (χ3n) is 2.55. The van der Waals surface area contributed by atoms with Gasteiger partial charge in [-0.05, 0) is 31.6 Å². The van der Waals surface area contributed by atoms with Crippen molar-refractivity contribution in [2.24, 2.45) is 5.92 Å². The van der Waals surface area contributed by atoms with Gasteiger partial charge in [0.05, 0.1) is 6.61 Å². The Labute approximate surface area is 108 Å². The van der Waals surface area contributed by atoms with Crippen LogP contribution in [0.2, 0.25) is 0 Å². The molecule has 106 valence electrons. The standard InChI is InChI=1S/C12H23NO5/c1-4-11(18-13(15)16)7-8-12(14)17-9-5-6-10(2)3/h10-11H,4-9H2,1-3H3. The lowest BCUT2D eigenvalue weighted by molar-refractivity contribution is -0.768. The normalized spacial score (nSPS) is 12.2. The molecule has 0 N–H and O–H groups in total. The highest BCUT2D eigenvalue weighted by Gasteiger charge is 2.13. The number of ether oxygens (including phenoxy) is 1. The molecule has 0 fully saturated rings. The van der Waals surface area contributed by atoms with Gasteiger partial charge in [0.15, 0.2) is 0 Å². The van der Waals surface area contributed by atoms with Crippen LogP contribution in [-0.4, -0.2) is 23.8 Å². The van der Waals surface area contributed by atoms with E-state index in [9.17, 15) is 14.9 Å². The van der Waals surface area contributed by atoms with Crippen LogP contribution in [0.3, 0.4) is 0 Å². The van der Waals surface area contributed by atoms with Gasteiger partial charge in [-0.15, -0.1) is 10.1 Å². The van der Waals surface area contributed by atoms with E-state index in [4.69, 9.17) is 4.74 Å². The van der Waals surface area contributed by atoms with Crippen LogP contribution in [0.15, 0.2) is 0 Å². The van der Waals surface area contributed by atoms with Crippen LogP contribution in [0.4, 0.5) is 0 Å². The highest BCUT2D eigenvalue weighted by Crippen LogP contribution is 2.08. The molecule has 0 saturated carbocycles. The van der Waals surface area contributed by atoms with Gasteiger partial charge in [-0.1, -0.05) is 20.8 Å². The van der Waals surface area contributed by atoms with Crippen molar-refractivity contribution in [1.29, 1.82) is 0 Å². The van der Waals surface area contributed by atoms with Gasteiger partial charge in [-0.3, -0.25) is 4.79 Å². The number of hydrogen-bond acceptors (Lipinski definition) is 5. The van der Waals surface area contributed by atoms with Gasteiger partial charge < -0.3 is 9.57 Å². The Kier molecular flexibility index (Phi) is 8.96. The number of carbonyl (C=O) groups excluding carboxylic acids is 1. The van der Waals surface area contributed by atoms with Crippen LogP contribution < -0.4 is 0 Å². The second-order valence-electron chi connectivity index (χ2n) is 4.65. The summed E-state index contributed by atoms with van der Waals surface area (Å²) in [5.74, 6) is 0.283. The SMILES string of the molecule is CCC(CCC(=O)OCCCC(C)C)O[N+](=O)[O-]. The molecule has 0 aliphatic rings. The summed E-state index contributed by atoms with van der Waals surface area (Å²) in [6.07, 6.45) is 2.33. The summed E-state index contributed by atoms with van der Waals surface area (Å²) in [6.45, 7) is 6.43.